The van der Waals surface area contributed by atoms with Gasteiger partial charge in [0.25, 0.3) is 0 Å². The van der Waals surface area contributed by atoms with Crippen LogP contribution in [-0.4, -0.2) is 35.7 Å². The number of aromatic nitrogens is 1. The molecular weight excluding hydrogens is 416 g/mol. The largest absolute Gasteiger partial charge is 0.507 e. The molecule has 1 aliphatic carbocycles. The first-order chi connectivity index (χ1) is 16.1. The average Bonchev–Trinajstić information content (AvgIpc) is 3.31. The van der Waals surface area contributed by atoms with Gasteiger partial charge in [0.1, 0.15) is 5.75 Å². The molecule has 1 aliphatic heterocycles. The summed E-state index contributed by atoms with van der Waals surface area (Å²) in [5.74, 6) is 2.45. The molecular formula is C26H28N4O3. The Labute approximate surface area is 193 Å². The zero-order chi connectivity index (χ0) is 22.8. The molecule has 5 N–H and O–H groups in total. The summed E-state index contributed by atoms with van der Waals surface area (Å²) in [7, 11) is 0. The first kappa shape index (κ1) is 21.3. The van der Waals surface area contributed by atoms with Crippen molar-refractivity contribution in [3.63, 3.8) is 0 Å². The summed E-state index contributed by atoms with van der Waals surface area (Å²) in [5, 5.41) is 16.5. The van der Waals surface area contributed by atoms with Crippen LogP contribution in [0.2, 0.25) is 0 Å². The van der Waals surface area contributed by atoms with E-state index in [-0.39, 0.29) is 17.6 Å². The standard InChI is InChI=1S/C26H28N4O3/c27-25-23(11-18(13-29-25)19-3-1-2-4-22(19)31)33-10-9-16-5-7-17(8-6-16)12-30-26(32)24-20-14-28-15-21(20)24/h1-8,11,13,20-21,24,28,31H,9-10,12,14-15H2,(H2,27,29)(H,30,32)/t20-,21+,24?. The van der Waals surface area contributed by atoms with Crippen molar-refractivity contribution >= 4 is 11.7 Å². The Kier molecular flexibility index (Phi) is 5.88. The van der Waals surface area contributed by atoms with Crippen LogP contribution in [0, 0.1) is 17.8 Å². The molecule has 2 fully saturated rings. The maximum absolute atomic E-state index is 12.3. The number of para-hydroxylation sites is 1. The highest BCUT2D eigenvalue weighted by Gasteiger charge is 2.56. The number of benzene rings is 2. The van der Waals surface area contributed by atoms with Gasteiger partial charge in [-0.2, -0.15) is 0 Å². The maximum atomic E-state index is 12.3. The third-order valence-corrected chi connectivity index (χ3v) is 6.63. The van der Waals surface area contributed by atoms with E-state index < -0.39 is 0 Å². The third-order valence-electron chi connectivity index (χ3n) is 6.63. The topological polar surface area (TPSA) is 110 Å². The SMILES string of the molecule is Nc1ncc(-c2ccccc2O)cc1OCCc1ccc(CNC(=O)C2[C@H]3CNC[C@@H]23)cc1. The van der Waals surface area contributed by atoms with E-state index in [2.05, 4.69) is 27.8 Å². The summed E-state index contributed by atoms with van der Waals surface area (Å²) in [6, 6.07) is 17.1. The van der Waals surface area contributed by atoms with E-state index in [9.17, 15) is 9.90 Å². The second kappa shape index (κ2) is 9.11. The molecule has 1 saturated carbocycles. The lowest BCUT2D eigenvalue weighted by Gasteiger charge is -2.11. The molecule has 2 heterocycles. The Morgan fingerprint density at radius 3 is 2.61 bits per heavy atom. The summed E-state index contributed by atoms with van der Waals surface area (Å²) in [5.41, 5.74) is 9.63. The van der Waals surface area contributed by atoms with E-state index in [1.165, 1.54) is 0 Å². The number of hydrogen-bond donors (Lipinski definition) is 4. The molecule has 2 aliphatic rings. The van der Waals surface area contributed by atoms with E-state index in [1.807, 2.05) is 24.3 Å². The van der Waals surface area contributed by atoms with Gasteiger partial charge in [0.2, 0.25) is 5.91 Å². The van der Waals surface area contributed by atoms with Crippen LogP contribution in [0.3, 0.4) is 0 Å². The second-order valence-electron chi connectivity index (χ2n) is 8.77. The Balaban J connectivity index is 1.12. The predicted octanol–water partition coefficient (Wildman–Crippen LogP) is 2.74. The molecule has 2 aromatic carbocycles. The quantitative estimate of drug-likeness (QED) is 0.425. The van der Waals surface area contributed by atoms with Crippen LogP contribution in [0.15, 0.2) is 60.8 Å². The minimum Gasteiger partial charge on any atom is -0.507 e. The molecule has 3 atom stereocenters. The molecule has 0 radical (unpaired) electrons. The molecule has 33 heavy (non-hydrogen) atoms. The monoisotopic (exact) mass is 444 g/mol. The lowest BCUT2D eigenvalue weighted by molar-refractivity contribution is -0.123. The molecule has 1 aromatic heterocycles. The number of carbonyl (C=O) groups excluding carboxylic acids is 1. The number of anilines is 1. The minimum absolute atomic E-state index is 0.182. The smallest absolute Gasteiger partial charge is 0.224 e. The van der Waals surface area contributed by atoms with E-state index in [1.54, 1.807) is 24.4 Å². The van der Waals surface area contributed by atoms with Gasteiger partial charge in [-0.1, -0.05) is 42.5 Å². The third kappa shape index (κ3) is 4.64. The van der Waals surface area contributed by atoms with Crippen LogP contribution in [-0.2, 0) is 17.8 Å². The number of phenols is 1. The number of pyridine rings is 1. The minimum atomic E-state index is 0.182. The zero-order valence-corrected chi connectivity index (χ0v) is 18.3. The van der Waals surface area contributed by atoms with Gasteiger partial charge >= 0.3 is 0 Å². The van der Waals surface area contributed by atoms with Crippen LogP contribution >= 0.6 is 0 Å². The first-order valence-corrected chi connectivity index (χ1v) is 11.3. The van der Waals surface area contributed by atoms with Crippen molar-refractivity contribution in [2.45, 2.75) is 13.0 Å². The highest BCUT2D eigenvalue weighted by Crippen LogP contribution is 2.48. The van der Waals surface area contributed by atoms with Crippen molar-refractivity contribution in [2.75, 3.05) is 25.4 Å². The van der Waals surface area contributed by atoms with Gasteiger partial charge in [0.05, 0.1) is 6.61 Å². The zero-order valence-electron chi connectivity index (χ0n) is 18.3. The maximum Gasteiger partial charge on any atom is 0.224 e. The van der Waals surface area contributed by atoms with E-state index in [0.29, 0.717) is 48.5 Å². The number of aromatic hydroxyl groups is 1. The fourth-order valence-corrected chi connectivity index (χ4v) is 4.65. The van der Waals surface area contributed by atoms with E-state index >= 15 is 0 Å². The van der Waals surface area contributed by atoms with Gasteiger partial charge in [0, 0.05) is 36.2 Å². The number of piperidine rings is 1. The van der Waals surface area contributed by atoms with Crippen molar-refractivity contribution in [1.29, 1.82) is 0 Å². The second-order valence-corrected chi connectivity index (χ2v) is 8.77. The lowest BCUT2D eigenvalue weighted by atomic mass is 10.1. The van der Waals surface area contributed by atoms with E-state index in [0.717, 1.165) is 29.8 Å². The van der Waals surface area contributed by atoms with Crippen molar-refractivity contribution in [1.82, 2.24) is 15.6 Å². The van der Waals surface area contributed by atoms with Crippen LogP contribution in [0.1, 0.15) is 11.1 Å². The number of ether oxygens (including phenoxy) is 1. The predicted molar refractivity (Wildman–Crippen MR) is 127 cm³/mol. The number of nitrogens with zero attached hydrogens (tertiary/aromatic N) is 1. The highest BCUT2D eigenvalue weighted by atomic mass is 16.5. The molecule has 1 saturated heterocycles. The molecule has 1 amide bonds. The first-order valence-electron chi connectivity index (χ1n) is 11.3. The lowest BCUT2D eigenvalue weighted by Crippen LogP contribution is -2.29. The Bertz CT molecular complexity index is 1140. The molecule has 170 valence electrons. The molecule has 7 heteroatoms. The highest BCUT2D eigenvalue weighted by molar-refractivity contribution is 5.82. The van der Waals surface area contributed by atoms with Crippen molar-refractivity contribution in [2.24, 2.45) is 17.8 Å². The van der Waals surface area contributed by atoms with Gasteiger partial charge < -0.3 is 26.2 Å². The molecule has 3 aromatic rings. The van der Waals surface area contributed by atoms with Crippen molar-refractivity contribution in [3.05, 3.63) is 71.9 Å². The average molecular weight is 445 g/mol. The fraction of sp³-hybridized carbons (Fsp3) is 0.308. The summed E-state index contributed by atoms with van der Waals surface area (Å²) < 4.78 is 5.89. The number of carbonyl (C=O) groups is 1. The number of fused-ring (bicyclic) bond motifs is 1. The molecule has 1 unspecified atom stereocenters. The number of rotatable bonds is 8. The van der Waals surface area contributed by atoms with Crippen LogP contribution < -0.4 is 21.1 Å². The van der Waals surface area contributed by atoms with Gasteiger partial charge in [-0.25, -0.2) is 4.98 Å². The molecule has 0 bridgehead atoms. The summed E-state index contributed by atoms with van der Waals surface area (Å²) in [6.45, 7) is 2.95. The van der Waals surface area contributed by atoms with Gasteiger partial charge in [-0.05, 0) is 48.2 Å². The summed E-state index contributed by atoms with van der Waals surface area (Å²) >= 11 is 0. The molecule has 7 nitrogen and oxygen atoms in total. The van der Waals surface area contributed by atoms with E-state index in [4.69, 9.17) is 10.5 Å². The number of nitrogens with two attached hydrogens (primary N) is 1. The van der Waals surface area contributed by atoms with Crippen LogP contribution in [0.4, 0.5) is 5.82 Å². The number of phenolic OH excluding ortho intramolecular Hbond substituents is 1. The van der Waals surface area contributed by atoms with Gasteiger partial charge in [-0.3, -0.25) is 4.79 Å². The summed E-state index contributed by atoms with van der Waals surface area (Å²) in [6.07, 6.45) is 2.34. The summed E-state index contributed by atoms with van der Waals surface area (Å²) in [4.78, 5) is 16.5. The Hall–Kier alpha value is -3.58. The van der Waals surface area contributed by atoms with Crippen LogP contribution in [0.25, 0.3) is 11.1 Å². The normalized spacial score (nSPS) is 20.8. The number of amides is 1. The van der Waals surface area contributed by atoms with Crippen molar-refractivity contribution in [3.8, 4) is 22.6 Å². The Morgan fingerprint density at radius 1 is 1.12 bits per heavy atom. The fourth-order valence-electron chi connectivity index (χ4n) is 4.65. The molecule has 0 spiro atoms. The Morgan fingerprint density at radius 2 is 1.85 bits per heavy atom. The number of hydrogen-bond acceptors (Lipinski definition) is 6. The van der Waals surface area contributed by atoms with Gasteiger partial charge in [-0.15, -0.1) is 0 Å². The number of nitrogens with one attached hydrogen (secondary N) is 2. The van der Waals surface area contributed by atoms with Crippen molar-refractivity contribution < 1.29 is 14.6 Å². The van der Waals surface area contributed by atoms with Gasteiger partial charge in [0.15, 0.2) is 11.6 Å². The van der Waals surface area contributed by atoms with Crippen LogP contribution in [0.5, 0.6) is 11.5 Å². The number of nitrogen functional groups attached to an aromatic ring is 1. The molecule has 5 rings (SSSR count).